The summed E-state index contributed by atoms with van der Waals surface area (Å²) in [6.45, 7) is 6.21. The Morgan fingerprint density at radius 1 is 1.36 bits per heavy atom. The summed E-state index contributed by atoms with van der Waals surface area (Å²) in [6, 6.07) is 0. The van der Waals surface area contributed by atoms with Crippen molar-refractivity contribution in [1.82, 2.24) is 0 Å². The Kier molecular flexibility index (Phi) is 3.87. The second kappa shape index (κ2) is 4.74. The van der Waals surface area contributed by atoms with Gasteiger partial charge in [-0.15, -0.1) is 0 Å². The molecule has 2 nitrogen and oxygen atoms in total. The van der Waals surface area contributed by atoms with E-state index in [-0.39, 0.29) is 5.41 Å². The molecule has 1 rings (SSSR count). The van der Waals surface area contributed by atoms with Crippen molar-refractivity contribution in [2.75, 3.05) is 6.54 Å². The van der Waals surface area contributed by atoms with Crippen LogP contribution in [0.5, 0.6) is 0 Å². The van der Waals surface area contributed by atoms with E-state index in [4.69, 9.17) is 5.73 Å². The number of rotatable bonds is 4. The number of ketones is 1. The molecule has 0 radical (unpaired) electrons. The monoisotopic (exact) mass is 195 g/mol. The number of hydrogen-bond donors (Lipinski definition) is 1. The molecule has 2 N–H and O–H groups in total. The number of carbonyl (C=O) groups is 1. The molecule has 1 aliphatic carbocycles. The van der Waals surface area contributed by atoms with Gasteiger partial charge in [0.05, 0.1) is 0 Å². The van der Waals surface area contributed by atoms with Gasteiger partial charge in [-0.05, 0) is 19.8 Å². The average Bonchev–Trinajstić information content (AvgIpc) is 2.18. The second-order valence-corrected chi connectivity index (χ2v) is 4.60. The molecule has 80 valence electrons. The largest absolute Gasteiger partial charge is 0.329 e. The maximum absolute atomic E-state index is 12.0. The number of allylic oxidation sites excluding steroid dienone is 1. The molecule has 1 saturated carbocycles. The molecule has 1 aliphatic rings. The van der Waals surface area contributed by atoms with E-state index in [1.54, 1.807) is 0 Å². The van der Waals surface area contributed by atoms with E-state index < -0.39 is 0 Å². The van der Waals surface area contributed by atoms with Crippen LogP contribution in [0.3, 0.4) is 0 Å². The summed E-state index contributed by atoms with van der Waals surface area (Å²) >= 11 is 0. The van der Waals surface area contributed by atoms with Crippen molar-refractivity contribution in [2.24, 2.45) is 11.1 Å². The first kappa shape index (κ1) is 11.4. The van der Waals surface area contributed by atoms with Gasteiger partial charge >= 0.3 is 0 Å². The molecule has 0 amide bonds. The minimum atomic E-state index is -0.211. The van der Waals surface area contributed by atoms with Gasteiger partial charge in [-0.3, -0.25) is 4.79 Å². The molecule has 0 aromatic heterocycles. The van der Waals surface area contributed by atoms with Gasteiger partial charge in [-0.2, -0.15) is 0 Å². The van der Waals surface area contributed by atoms with Gasteiger partial charge in [0.2, 0.25) is 0 Å². The van der Waals surface area contributed by atoms with E-state index in [0.717, 1.165) is 31.3 Å². The van der Waals surface area contributed by atoms with E-state index in [1.807, 2.05) is 6.92 Å². The van der Waals surface area contributed by atoms with Crippen molar-refractivity contribution in [2.45, 2.75) is 45.4 Å². The van der Waals surface area contributed by atoms with E-state index >= 15 is 0 Å². The van der Waals surface area contributed by atoms with E-state index in [2.05, 4.69) is 6.58 Å². The van der Waals surface area contributed by atoms with Crippen molar-refractivity contribution in [3.05, 3.63) is 12.2 Å². The smallest absolute Gasteiger partial charge is 0.144 e. The maximum Gasteiger partial charge on any atom is 0.144 e. The summed E-state index contributed by atoms with van der Waals surface area (Å²) in [5.41, 5.74) is 6.51. The molecule has 14 heavy (non-hydrogen) atoms. The van der Waals surface area contributed by atoms with Gasteiger partial charge in [0.25, 0.3) is 0 Å². The highest BCUT2D eigenvalue weighted by molar-refractivity contribution is 5.87. The summed E-state index contributed by atoms with van der Waals surface area (Å²) in [4.78, 5) is 12.0. The van der Waals surface area contributed by atoms with Gasteiger partial charge in [-0.1, -0.05) is 31.4 Å². The first-order valence-corrected chi connectivity index (χ1v) is 5.48. The van der Waals surface area contributed by atoms with Crippen LogP contribution in [0.1, 0.15) is 45.4 Å². The number of Topliss-reactive ketones (excluding diaryl/α,β-unsaturated/α-hetero) is 1. The number of carbonyl (C=O) groups excluding carboxylic acids is 1. The summed E-state index contributed by atoms with van der Waals surface area (Å²) in [6.07, 6.45) is 6.03. The molecular weight excluding hydrogens is 174 g/mol. The Balaban J connectivity index is 2.67. The Morgan fingerprint density at radius 2 is 1.93 bits per heavy atom. The lowest BCUT2D eigenvalue weighted by atomic mass is 9.70. The lowest BCUT2D eigenvalue weighted by Gasteiger charge is -2.34. The quantitative estimate of drug-likeness (QED) is 0.700. The predicted molar refractivity (Wildman–Crippen MR) is 59.0 cm³/mol. The third kappa shape index (κ3) is 2.44. The van der Waals surface area contributed by atoms with Crippen LogP contribution in [0, 0.1) is 5.41 Å². The third-order valence-corrected chi connectivity index (χ3v) is 3.26. The van der Waals surface area contributed by atoms with Crippen LogP contribution in [0.15, 0.2) is 12.2 Å². The maximum atomic E-state index is 12.0. The molecular formula is C12H21NO. The van der Waals surface area contributed by atoms with Crippen molar-refractivity contribution < 1.29 is 4.79 Å². The molecule has 0 aliphatic heterocycles. The second-order valence-electron chi connectivity index (χ2n) is 4.60. The van der Waals surface area contributed by atoms with E-state index in [9.17, 15) is 4.79 Å². The standard InChI is InChI=1S/C12H21NO/c1-10(2)8-11(14)12(9-13)6-4-3-5-7-12/h1,3-9,13H2,2H3. The Morgan fingerprint density at radius 3 is 2.36 bits per heavy atom. The third-order valence-electron chi connectivity index (χ3n) is 3.26. The zero-order chi connectivity index (χ0) is 10.6. The normalized spacial score (nSPS) is 20.4. The molecule has 0 saturated heterocycles. The van der Waals surface area contributed by atoms with Crippen molar-refractivity contribution in [3.8, 4) is 0 Å². The van der Waals surface area contributed by atoms with Crippen LogP contribution >= 0.6 is 0 Å². The molecule has 0 heterocycles. The van der Waals surface area contributed by atoms with E-state index in [1.165, 1.54) is 6.42 Å². The Labute approximate surface area is 86.6 Å². The molecule has 0 atom stereocenters. The van der Waals surface area contributed by atoms with Gasteiger partial charge in [0.1, 0.15) is 5.78 Å². The summed E-state index contributed by atoms with van der Waals surface area (Å²) in [5, 5.41) is 0. The van der Waals surface area contributed by atoms with Crippen LogP contribution in [0.25, 0.3) is 0 Å². The zero-order valence-electron chi connectivity index (χ0n) is 9.14. The lowest BCUT2D eigenvalue weighted by Crippen LogP contribution is -2.40. The average molecular weight is 195 g/mol. The highest BCUT2D eigenvalue weighted by Gasteiger charge is 2.37. The van der Waals surface area contributed by atoms with Gasteiger partial charge in [-0.25, -0.2) is 0 Å². The van der Waals surface area contributed by atoms with Gasteiger partial charge in [0.15, 0.2) is 0 Å². The SMILES string of the molecule is C=C(C)CC(=O)C1(CN)CCCCC1. The van der Waals surface area contributed by atoms with Crippen LogP contribution in [-0.2, 0) is 4.79 Å². The first-order chi connectivity index (χ1) is 6.60. The molecule has 2 heteroatoms. The van der Waals surface area contributed by atoms with E-state index in [0.29, 0.717) is 18.7 Å². The lowest BCUT2D eigenvalue weighted by molar-refractivity contribution is -0.129. The molecule has 1 fully saturated rings. The Bertz CT molecular complexity index is 226. The van der Waals surface area contributed by atoms with Crippen LogP contribution in [-0.4, -0.2) is 12.3 Å². The van der Waals surface area contributed by atoms with Gasteiger partial charge in [0, 0.05) is 18.4 Å². The predicted octanol–water partition coefficient (Wildman–Crippen LogP) is 2.43. The molecule has 0 unspecified atom stereocenters. The number of nitrogens with two attached hydrogens (primary N) is 1. The molecule has 0 aromatic rings. The van der Waals surface area contributed by atoms with Crippen molar-refractivity contribution >= 4 is 5.78 Å². The topological polar surface area (TPSA) is 43.1 Å². The minimum Gasteiger partial charge on any atom is -0.329 e. The Hall–Kier alpha value is -0.630. The fourth-order valence-electron chi connectivity index (χ4n) is 2.29. The van der Waals surface area contributed by atoms with Crippen molar-refractivity contribution in [3.63, 3.8) is 0 Å². The fraction of sp³-hybridized carbons (Fsp3) is 0.750. The zero-order valence-corrected chi connectivity index (χ0v) is 9.14. The van der Waals surface area contributed by atoms with Crippen LogP contribution in [0.4, 0.5) is 0 Å². The van der Waals surface area contributed by atoms with Gasteiger partial charge < -0.3 is 5.73 Å². The molecule has 0 aromatic carbocycles. The summed E-state index contributed by atoms with van der Waals surface area (Å²) in [5.74, 6) is 0.312. The van der Waals surface area contributed by atoms with Crippen LogP contribution in [0.2, 0.25) is 0 Å². The summed E-state index contributed by atoms with van der Waals surface area (Å²) in [7, 11) is 0. The number of hydrogen-bond acceptors (Lipinski definition) is 2. The molecule has 0 spiro atoms. The fourth-order valence-corrected chi connectivity index (χ4v) is 2.29. The van der Waals surface area contributed by atoms with Crippen LogP contribution < -0.4 is 5.73 Å². The summed E-state index contributed by atoms with van der Waals surface area (Å²) < 4.78 is 0. The highest BCUT2D eigenvalue weighted by Crippen LogP contribution is 2.37. The molecule has 0 bridgehead atoms. The highest BCUT2D eigenvalue weighted by atomic mass is 16.1. The van der Waals surface area contributed by atoms with Crippen molar-refractivity contribution in [1.29, 1.82) is 0 Å². The first-order valence-electron chi connectivity index (χ1n) is 5.48. The minimum absolute atomic E-state index is 0.211.